The smallest absolute Gasteiger partial charge is 0.279 e. The molecule has 0 unspecified atom stereocenters. The maximum atomic E-state index is 13.3. The molecular weight excluding hydrogens is 514 g/mol. The van der Waals surface area contributed by atoms with Crippen molar-refractivity contribution in [3.8, 4) is 0 Å². The molecule has 0 bridgehead atoms. The van der Waals surface area contributed by atoms with E-state index in [0.29, 0.717) is 36.4 Å². The summed E-state index contributed by atoms with van der Waals surface area (Å²) in [6, 6.07) is 26.2. The molecule has 0 fully saturated rings. The fourth-order valence-electron chi connectivity index (χ4n) is 4.93. The van der Waals surface area contributed by atoms with Gasteiger partial charge in [-0.2, -0.15) is 9.30 Å². The van der Waals surface area contributed by atoms with Crippen molar-refractivity contribution in [2.24, 2.45) is 4.99 Å². The van der Waals surface area contributed by atoms with Gasteiger partial charge in [0.25, 0.3) is 5.91 Å². The molecule has 1 aliphatic rings. The van der Waals surface area contributed by atoms with Crippen molar-refractivity contribution < 1.29 is 13.2 Å². The Morgan fingerprint density at radius 3 is 2.47 bits per heavy atom. The molecule has 5 aromatic rings. The molecule has 0 saturated carbocycles. The first-order valence-corrected chi connectivity index (χ1v) is 14.6. The number of carbonyl (C=O) groups is 1. The predicted octanol–water partition coefficient (Wildman–Crippen LogP) is 5.53. The monoisotopic (exact) mass is 539 g/mol. The Morgan fingerprint density at radius 2 is 1.68 bits per heavy atom. The van der Waals surface area contributed by atoms with Gasteiger partial charge in [-0.3, -0.25) is 4.79 Å². The molecule has 0 spiro atoms. The zero-order valence-corrected chi connectivity index (χ0v) is 22.2. The number of sulfonamides is 1. The van der Waals surface area contributed by atoms with E-state index in [0.717, 1.165) is 26.6 Å². The zero-order chi connectivity index (χ0) is 26.3. The molecule has 8 heteroatoms. The van der Waals surface area contributed by atoms with E-state index >= 15 is 0 Å². The van der Waals surface area contributed by atoms with E-state index in [-0.39, 0.29) is 4.90 Å². The van der Waals surface area contributed by atoms with Crippen LogP contribution >= 0.6 is 11.3 Å². The number of aromatic nitrogens is 1. The number of amides is 1. The summed E-state index contributed by atoms with van der Waals surface area (Å²) in [4.78, 5) is 18.3. The number of benzene rings is 4. The lowest BCUT2D eigenvalue weighted by atomic mass is 10.0. The quantitative estimate of drug-likeness (QED) is 0.276. The minimum Gasteiger partial charge on any atom is -0.312 e. The van der Waals surface area contributed by atoms with Gasteiger partial charge < -0.3 is 4.57 Å². The first-order valence-electron chi connectivity index (χ1n) is 12.3. The maximum absolute atomic E-state index is 13.3. The summed E-state index contributed by atoms with van der Waals surface area (Å²) in [6.45, 7) is 5.15. The van der Waals surface area contributed by atoms with Gasteiger partial charge in [0.15, 0.2) is 4.80 Å². The van der Waals surface area contributed by atoms with Crippen LogP contribution in [0.15, 0.2) is 107 Å². The number of fused-ring (bicyclic) bond motifs is 4. The Hall–Kier alpha value is -3.85. The van der Waals surface area contributed by atoms with Crippen molar-refractivity contribution in [1.82, 2.24) is 8.87 Å². The SMILES string of the molecule is C=CCn1c(=NC(=O)c2ccc(S(=O)(=O)N3CCc4ccccc4C3)cc2)sc2c3ccccc3ccc21. The fraction of sp³-hybridized carbons (Fsp3) is 0.133. The highest BCUT2D eigenvalue weighted by Gasteiger charge is 2.28. The van der Waals surface area contributed by atoms with Crippen molar-refractivity contribution in [2.75, 3.05) is 6.54 Å². The van der Waals surface area contributed by atoms with Gasteiger partial charge in [-0.15, -0.1) is 6.58 Å². The van der Waals surface area contributed by atoms with Gasteiger partial charge in [-0.25, -0.2) is 8.42 Å². The highest BCUT2D eigenvalue weighted by molar-refractivity contribution is 7.89. The second-order valence-electron chi connectivity index (χ2n) is 9.22. The average molecular weight is 540 g/mol. The molecule has 2 heterocycles. The lowest BCUT2D eigenvalue weighted by molar-refractivity contribution is 0.0997. The molecule has 0 saturated heterocycles. The number of nitrogens with zero attached hydrogens (tertiary/aromatic N) is 3. The van der Waals surface area contributed by atoms with Crippen molar-refractivity contribution >= 4 is 48.3 Å². The standard InChI is InChI=1S/C30H25N3O3S2/c1-2-18-33-27-16-13-22-8-5-6-10-26(22)28(27)37-30(33)31-29(34)23-11-14-25(15-12-23)38(35,36)32-19-17-21-7-3-4-9-24(21)20-32/h2-16H,1,17-20H2. The molecule has 38 heavy (non-hydrogen) atoms. The van der Waals surface area contributed by atoms with Crippen LogP contribution in [0.2, 0.25) is 0 Å². The van der Waals surface area contributed by atoms with Crippen molar-refractivity contribution in [3.63, 3.8) is 0 Å². The molecule has 190 valence electrons. The van der Waals surface area contributed by atoms with E-state index in [4.69, 9.17) is 0 Å². The Morgan fingerprint density at radius 1 is 0.947 bits per heavy atom. The van der Waals surface area contributed by atoms with Gasteiger partial charge in [-0.05, 0) is 53.3 Å². The Bertz CT molecular complexity index is 1880. The lowest BCUT2D eigenvalue weighted by Gasteiger charge is -2.28. The number of rotatable bonds is 5. The number of hydrogen-bond acceptors (Lipinski definition) is 4. The minimum absolute atomic E-state index is 0.170. The van der Waals surface area contributed by atoms with E-state index in [9.17, 15) is 13.2 Å². The molecule has 0 radical (unpaired) electrons. The van der Waals surface area contributed by atoms with E-state index in [1.807, 2.05) is 47.0 Å². The Balaban J connectivity index is 1.32. The van der Waals surface area contributed by atoms with Gasteiger partial charge >= 0.3 is 0 Å². The maximum Gasteiger partial charge on any atom is 0.279 e. The highest BCUT2D eigenvalue weighted by Crippen LogP contribution is 2.28. The number of hydrogen-bond donors (Lipinski definition) is 0. The van der Waals surface area contributed by atoms with Crippen LogP contribution in [-0.4, -0.2) is 29.7 Å². The second kappa shape index (κ2) is 9.79. The molecule has 6 rings (SSSR count). The minimum atomic E-state index is -3.68. The first kappa shape index (κ1) is 24.5. The highest BCUT2D eigenvalue weighted by atomic mass is 32.2. The molecule has 4 aromatic carbocycles. The normalized spacial score (nSPS) is 14.6. The molecule has 6 nitrogen and oxygen atoms in total. The van der Waals surface area contributed by atoms with Crippen molar-refractivity contribution in [3.05, 3.63) is 119 Å². The van der Waals surface area contributed by atoms with Crippen LogP contribution in [0.1, 0.15) is 21.5 Å². The van der Waals surface area contributed by atoms with Gasteiger partial charge in [0.05, 0.1) is 15.1 Å². The van der Waals surface area contributed by atoms with Crippen LogP contribution in [0.3, 0.4) is 0 Å². The molecular formula is C30H25N3O3S2. The van der Waals surface area contributed by atoms with Gasteiger partial charge in [-0.1, -0.05) is 72.0 Å². The summed E-state index contributed by atoms with van der Waals surface area (Å²) in [5.74, 6) is -0.422. The summed E-state index contributed by atoms with van der Waals surface area (Å²) in [6.07, 6.45) is 2.46. The second-order valence-corrected chi connectivity index (χ2v) is 12.1. The zero-order valence-electron chi connectivity index (χ0n) is 20.6. The Kier molecular flexibility index (Phi) is 6.31. The molecule has 0 aliphatic carbocycles. The van der Waals surface area contributed by atoms with E-state index in [2.05, 4.69) is 29.8 Å². The number of thiazole rings is 1. The topological polar surface area (TPSA) is 71.7 Å². The van der Waals surface area contributed by atoms with E-state index < -0.39 is 15.9 Å². The van der Waals surface area contributed by atoms with Crippen LogP contribution in [0.5, 0.6) is 0 Å². The summed E-state index contributed by atoms with van der Waals surface area (Å²) in [5, 5.41) is 2.23. The molecule has 0 N–H and O–H groups in total. The van der Waals surface area contributed by atoms with Crippen molar-refractivity contribution in [2.45, 2.75) is 24.4 Å². The third kappa shape index (κ3) is 4.30. The van der Waals surface area contributed by atoms with Crippen LogP contribution in [-0.2, 0) is 29.5 Å². The average Bonchev–Trinajstić information content (AvgIpc) is 3.30. The molecule has 1 aliphatic heterocycles. The van der Waals surface area contributed by atoms with Crippen LogP contribution in [0.4, 0.5) is 0 Å². The summed E-state index contributed by atoms with van der Waals surface area (Å²) in [5.41, 5.74) is 3.53. The van der Waals surface area contributed by atoms with Gasteiger partial charge in [0.1, 0.15) is 0 Å². The van der Waals surface area contributed by atoms with Crippen molar-refractivity contribution in [1.29, 1.82) is 0 Å². The third-order valence-electron chi connectivity index (χ3n) is 6.92. The first-order chi connectivity index (χ1) is 18.5. The molecule has 1 amide bonds. The lowest BCUT2D eigenvalue weighted by Crippen LogP contribution is -2.35. The summed E-state index contributed by atoms with van der Waals surface area (Å²) < 4.78 is 31.1. The van der Waals surface area contributed by atoms with Gasteiger partial charge in [0, 0.05) is 30.6 Å². The molecule has 1 aromatic heterocycles. The summed E-state index contributed by atoms with van der Waals surface area (Å²) >= 11 is 1.46. The largest absolute Gasteiger partial charge is 0.312 e. The van der Waals surface area contributed by atoms with Gasteiger partial charge in [0.2, 0.25) is 10.0 Å². The number of carbonyl (C=O) groups excluding carboxylic acids is 1. The van der Waals surface area contributed by atoms with Crippen LogP contribution < -0.4 is 4.80 Å². The Labute approximate surface area is 224 Å². The molecule has 0 atom stereocenters. The summed E-state index contributed by atoms with van der Waals surface area (Å²) in [7, 11) is -3.68. The van der Waals surface area contributed by atoms with Crippen LogP contribution in [0.25, 0.3) is 21.0 Å². The third-order valence-corrected chi connectivity index (χ3v) is 9.90. The van der Waals surface area contributed by atoms with E-state index in [1.54, 1.807) is 6.08 Å². The van der Waals surface area contributed by atoms with Crippen LogP contribution in [0, 0.1) is 0 Å². The fourth-order valence-corrected chi connectivity index (χ4v) is 7.53. The predicted molar refractivity (Wildman–Crippen MR) is 152 cm³/mol. The number of allylic oxidation sites excluding steroid dienone is 1. The van der Waals surface area contributed by atoms with E-state index in [1.165, 1.54) is 45.5 Å².